The third-order valence-electron chi connectivity index (χ3n) is 4.46. The van der Waals surface area contributed by atoms with Gasteiger partial charge in [-0.15, -0.1) is 0 Å². The van der Waals surface area contributed by atoms with Crippen LogP contribution in [0.15, 0.2) is 41.7 Å². The molecule has 1 aromatic carbocycles. The Morgan fingerprint density at radius 3 is 2.70 bits per heavy atom. The van der Waals surface area contributed by atoms with Gasteiger partial charge in [-0.1, -0.05) is 37.3 Å². The summed E-state index contributed by atoms with van der Waals surface area (Å²) < 4.78 is 5.63. The van der Waals surface area contributed by atoms with Gasteiger partial charge in [0.05, 0.1) is 17.7 Å². The van der Waals surface area contributed by atoms with Crippen LogP contribution in [-0.4, -0.2) is 41.0 Å². The summed E-state index contributed by atoms with van der Waals surface area (Å²) in [5.41, 5.74) is 1.04. The number of amides is 1. The lowest BCUT2D eigenvalue weighted by Gasteiger charge is -2.28. The third kappa shape index (κ3) is 2.88. The first-order valence-electron chi connectivity index (χ1n) is 8.07. The smallest absolute Gasteiger partial charge is 0.290 e. The zero-order valence-electron chi connectivity index (χ0n) is 13.2. The number of benzene rings is 1. The van der Waals surface area contributed by atoms with Crippen LogP contribution in [-0.2, 0) is 14.3 Å². The molecule has 0 aliphatic carbocycles. The molecular formula is C18H21NO4. The number of carbonyl (C=O) groups is 2. The number of aliphatic hydroxyl groups excluding tert-OH is 1. The zero-order valence-corrected chi connectivity index (χ0v) is 13.2. The molecule has 2 unspecified atom stereocenters. The topological polar surface area (TPSA) is 66.8 Å². The lowest BCUT2D eigenvalue weighted by atomic mass is 9.95. The molecule has 0 saturated carbocycles. The van der Waals surface area contributed by atoms with Crippen LogP contribution in [0.4, 0.5) is 0 Å². The molecule has 5 nitrogen and oxygen atoms in total. The maximum Gasteiger partial charge on any atom is 0.290 e. The highest BCUT2D eigenvalue weighted by Crippen LogP contribution is 2.38. The van der Waals surface area contributed by atoms with Crippen LogP contribution in [0.25, 0.3) is 0 Å². The summed E-state index contributed by atoms with van der Waals surface area (Å²) in [4.78, 5) is 26.4. The van der Waals surface area contributed by atoms with Crippen molar-refractivity contribution >= 4 is 11.7 Å². The van der Waals surface area contributed by atoms with Crippen molar-refractivity contribution in [1.29, 1.82) is 0 Å². The Bertz CT molecular complexity index is 632. The quantitative estimate of drug-likeness (QED) is 0.907. The van der Waals surface area contributed by atoms with Crippen molar-refractivity contribution < 1.29 is 19.4 Å². The summed E-state index contributed by atoms with van der Waals surface area (Å²) >= 11 is 0. The Morgan fingerprint density at radius 1 is 1.35 bits per heavy atom. The average Bonchev–Trinajstić information content (AvgIpc) is 3.17. The number of hydrogen-bond acceptors (Lipinski definition) is 4. The number of hydrogen-bond donors (Lipinski definition) is 1. The number of nitrogens with zero attached hydrogens (tertiary/aromatic N) is 1. The monoisotopic (exact) mass is 315 g/mol. The lowest BCUT2D eigenvalue weighted by Crippen LogP contribution is -2.37. The summed E-state index contributed by atoms with van der Waals surface area (Å²) in [6.07, 6.45) is 2.09. The van der Waals surface area contributed by atoms with Gasteiger partial charge in [0.15, 0.2) is 11.5 Å². The molecule has 1 amide bonds. The highest BCUT2D eigenvalue weighted by atomic mass is 16.5. The van der Waals surface area contributed by atoms with E-state index in [1.165, 1.54) is 0 Å². The van der Waals surface area contributed by atoms with Gasteiger partial charge in [0.2, 0.25) is 0 Å². The molecule has 23 heavy (non-hydrogen) atoms. The summed E-state index contributed by atoms with van der Waals surface area (Å²) in [6, 6.07) is 8.85. The van der Waals surface area contributed by atoms with Crippen LogP contribution in [0.2, 0.25) is 0 Å². The molecule has 0 aromatic heterocycles. The SMILES string of the molecule is CCC(=O)C1=C(O)C(=O)N(CC2CCCO2)C1c1ccccc1. The molecule has 5 heteroatoms. The molecule has 2 aliphatic heterocycles. The molecule has 1 aromatic rings. The first-order valence-corrected chi connectivity index (χ1v) is 8.07. The van der Waals surface area contributed by atoms with Crippen LogP contribution < -0.4 is 0 Å². The molecule has 0 spiro atoms. The van der Waals surface area contributed by atoms with E-state index >= 15 is 0 Å². The van der Waals surface area contributed by atoms with Crippen LogP contribution in [0.3, 0.4) is 0 Å². The highest BCUT2D eigenvalue weighted by molar-refractivity contribution is 6.08. The highest BCUT2D eigenvalue weighted by Gasteiger charge is 2.43. The molecule has 1 fully saturated rings. The van der Waals surface area contributed by atoms with E-state index < -0.39 is 17.7 Å². The van der Waals surface area contributed by atoms with Crippen molar-refractivity contribution in [1.82, 2.24) is 4.90 Å². The summed E-state index contributed by atoms with van der Waals surface area (Å²) in [5, 5.41) is 10.3. The van der Waals surface area contributed by atoms with Gasteiger partial charge >= 0.3 is 0 Å². The summed E-state index contributed by atoms with van der Waals surface area (Å²) in [7, 11) is 0. The normalized spacial score (nSPS) is 24.6. The van der Waals surface area contributed by atoms with Gasteiger partial charge in [-0.25, -0.2) is 0 Å². The zero-order chi connectivity index (χ0) is 16.4. The summed E-state index contributed by atoms with van der Waals surface area (Å²) in [6.45, 7) is 2.82. The van der Waals surface area contributed by atoms with E-state index in [-0.39, 0.29) is 23.9 Å². The minimum atomic E-state index is -0.527. The van der Waals surface area contributed by atoms with Crippen LogP contribution >= 0.6 is 0 Å². The first-order chi connectivity index (χ1) is 11.1. The number of ether oxygens (including phenoxy) is 1. The molecule has 122 valence electrons. The Morgan fingerprint density at radius 2 is 2.09 bits per heavy atom. The largest absolute Gasteiger partial charge is 0.503 e. The van der Waals surface area contributed by atoms with Gasteiger partial charge in [0, 0.05) is 19.6 Å². The number of aliphatic hydroxyl groups is 1. The van der Waals surface area contributed by atoms with Gasteiger partial charge in [0.1, 0.15) is 0 Å². The average molecular weight is 315 g/mol. The Labute approximate surface area is 135 Å². The van der Waals surface area contributed by atoms with Gasteiger partial charge in [-0.2, -0.15) is 0 Å². The lowest BCUT2D eigenvalue weighted by molar-refractivity contribution is -0.131. The number of Topliss-reactive ketones (excluding diaryl/α,β-unsaturated/α-hetero) is 1. The fourth-order valence-corrected chi connectivity index (χ4v) is 3.31. The van der Waals surface area contributed by atoms with E-state index in [0.717, 1.165) is 18.4 Å². The van der Waals surface area contributed by atoms with E-state index in [9.17, 15) is 14.7 Å². The van der Waals surface area contributed by atoms with Gasteiger partial charge in [-0.05, 0) is 18.4 Å². The van der Waals surface area contributed by atoms with Crippen LogP contribution in [0.5, 0.6) is 0 Å². The number of ketones is 1. The minimum Gasteiger partial charge on any atom is -0.503 e. The van der Waals surface area contributed by atoms with Crippen molar-refractivity contribution in [2.45, 2.75) is 38.3 Å². The predicted octanol–water partition coefficient (Wildman–Crippen LogP) is 2.54. The van der Waals surface area contributed by atoms with Crippen molar-refractivity contribution in [3.63, 3.8) is 0 Å². The predicted molar refractivity (Wildman–Crippen MR) is 84.8 cm³/mol. The maximum absolute atomic E-state index is 12.5. The molecule has 3 rings (SSSR count). The van der Waals surface area contributed by atoms with Gasteiger partial charge in [-0.3, -0.25) is 9.59 Å². The van der Waals surface area contributed by atoms with Crippen molar-refractivity contribution in [3.8, 4) is 0 Å². The summed E-state index contributed by atoms with van der Waals surface area (Å²) in [5.74, 6) is -1.09. The van der Waals surface area contributed by atoms with Crippen LogP contribution in [0.1, 0.15) is 37.8 Å². The number of carbonyl (C=O) groups excluding carboxylic acids is 2. The van der Waals surface area contributed by atoms with Crippen LogP contribution in [0, 0.1) is 0 Å². The second-order valence-corrected chi connectivity index (χ2v) is 5.94. The molecular weight excluding hydrogens is 294 g/mol. The van der Waals surface area contributed by atoms with Crippen molar-refractivity contribution in [2.24, 2.45) is 0 Å². The second-order valence-electron chi connectivity index (χ2n) is 5.94. The fourth-order valence-electron chi connectivity index (χ4n) is 3.31. The molecule has 0 radical (unpaired) electrons. The molecule has 1 saturated heterocycles. The first kappa shape index (κ1) is 15.7. The number of rotatable bonds is 5. The van der Waals surface area contributed by atoms with E-state index in [1.54, 1.807) is 11.8 Å². The fraction of sp³-hybridized carbons (Fsp3) is 0.444. The molecule has 0 bridgehead atoms. The second kappa shape index (κ2) is 6.54. The van der Waals surface area contributed by atoms with E-state index in [2.05, 4.69) is 0 Å². The molecule has 2 atom stereocenters. The van der Waals surface area contributed by atoms with Gasteiger partial charge in [0.25, 0.3) is 5.91 Å². The van der Waals surface area contributed by atoms with E-state index in [1.807, 2.05) is 30.3 Å². The van der Waals surface area contributed by atoms with Crippen molar-refractivity contribution in [2.75, 3.05) is 13.2 Å². The van der Waals surface area contributed by atoms with E-state index in [0.29, 0.717) is 13.2 Å². The Hall–Kier alpha value is -2.14. The molecule has 1 N–H and O–H groups in total. The Kier molecular flexibility index (Phi) is 4.48. The third-order valence-corrected chi connectivity index (χ3v) is 4.46. The standard InChI is InChI=1S/C18H21NO4/c1-2-14(20)15-16(12-7-4-3-5-8-12)19(18(22)17(15)21)11-13-9-6-10-23-13/h3-5,7-8,13,16,21H,2,6,9-11H2,1H3. The molecule has 2 aliphatic rings. The van der Waals surface area contributed by atoms with Gasteiger partial charge < -0.3 is 14.7 Å². The Balaban J connectivity index is 1.98. The maximum atomic E-state index is 12.5. The van der Waals surface area contributed by atoms with E-state index in [4.69, 9.17) is 4.74 Å². The minimum absolute atomic E-state index is 0.0333. The molecule has 2 heterocycles. The van der Waals surface area contributed by atoms with Crippen molar-refractivity contribution in [3.05, 3.63) is 47.2 Å².